The van der Waals surface area contributed by atoms with E-state index in [2.05, 4.69) is 25.6 Å². The normalized spacial score (nSPS) is 11.0. The third kappa shape index (κ3) is 1.86. The molecule has 0 spiro atoms. The van der Waals surface area contributed by atoms with Gasteiger partial charge in [-0.05, 0) is 47.4 Å². The summed E-state index contributed by atoms with van der Waals surface area (Å²) in [6, 6.07) is 6.08. The zero-order valence-electron chi connectivity index (χ0n) is 7.80. The predicted octanol–water partition coefficient (Wildman–Crippen LogP) is 2.62. The molecule has 0 aliphatic rings. The van der Waals surface area contributed by atoms with Crippen LogP contribution in [0.25, 0.3) is 10.2 Å². The van der Waals surface area contributed by atoms with Crippen molar-refractivity contribution in [3.05, 3.63) is 22.2 Å². The van der Waals surface area contributed by atoms with Gasteiger partial charge in [0.15, 0.2) is 3.95 Å². The molecule has 16 heavy (non-hydrogen) atoms. The molecule has 1 aromatic carbocycles. The zero-order chi connectivity index (χ0) is 11.0. The summed E-state index contributed by atoms with van der Waals surface area (Å²) in [5, 5.41) is 14.3. The molecule has 0 saturated heterocycles. The van der Waals surface area contributed by atoms with E-state index in [1.165, 1.54) is 11.8 Å². The highest BCUT2D eigenvalue weighted by Gasteiger charge is 2.04. The van der Waals surface area contributed by atoms with Crippen molar-refractivity contribution in [2.45, 2.75) is 10.1 Å². The highest BCUT2D eigenvalue weighted by atomic mass is 32.2. The van der Waals surface area contributed by atoms with Crippen molar-refractivity contribution < 1.29 is 0 Å². The van der Waals surface area contributed by atoms with Crippen LogP contribution >= 0.6 is 35.3 Å². The number of aromatic amines is 2. The van der Waals surface area contributed by atoms with Crippen molar-refractivity contribution in [2.24, 2.45) is 0 Å². The number of hydrogen-bond donors (Lipinski definition) is 2. The Balaban J connectivity index is 2.01. The average molecular weight is 267 g/mol. The van der Waals surface area contributed by atoms with Crippen LogP contribution < -0.4 is 0 Å². The molecule has 0 bridgehead atoms. The summed E-state index contributed by atoms with van der Waals surface area (Å²) in [6.45, 7) is 0. The Hall–Kier alpha value is -1.25. The summed E-state index contributed by atoms with van der Waals surface area (Å²) in [5.74, 6) is 0. The molecule has 0 atom stereocenters. The van der Waals surface area contributed by atoms with E-state index in [-0.39, 0.29) is 0 Å². The quantitative estimate of drug-likeness (QED) is 0.698. The summed E-state index contributed by atoms with van der Waals surface area (Å²) in [4.78, 5) is 4.19. The van der Waals surface area contributed by atoms with Gasteiger partial charge in [0.2, 0.25) is 5.16 Å². The van der Waals surface area contributed by atoms with Gasteiger partial charge < -0.3 is 4.98 Å². The summed E-state index contributed by atoms with van der Waals surface area (Å²) in [5.41, 5.74) is 1.04. The highest BCUT2D eigenvalue weighted by Crippen LogP contribution is 2.28. The van der Waals surface area contributed by atoms with Crippen LogP contribution in [-0.2, 0) is 0 Å². The lowest BCUT2D eigenvalue weighted by atomic mass is 10.3. The molecule has 0 amide bonds. The standard InChI is InChI=1S/C8H5N5S3/c14-8-9-5-3-4(1-2-6(5)16-8)15-7-10-12-13-11-7/h1-3H,(H,9,14)(H,10,11,12,13). The van der Waals surface area contributed by atoms with Crippen LogP contribution in [-0.4, -0.2) is 25.6 Å². The fourth-order valence-corrected chi connectivity index (χ4v) is 3.08. The van der Waals surface area contributed by atoms with Gasteiger partial charge in [0.05, 0.1) is 10.2 Å². The van der Waals surface area contributed by atoms with E-state index in [0.717, 1.165) is 19.1 Å². The minimum Gasteiger partial charge on any atom is -0.337 e. The molecule has 0 aliphatic heterocycles. The van der Waals surface area contributed by atoms with Gasteiger partial charge in [-0.25, -0.2) is 0 Å². The molecule has 3 rings (SSSR count). The lowest BCUT2D eigenvalue weighted by Gasteiger charge is -1.95. The second-order valence-electron chi connectivity index (χ2n) is 2.97. The summed E-state index contributed by atoms with van der Waals surface area (Å²) < 4.78 is 1.94. The maximum absolute atomic E-state index is 5.09. The van der Waals surface area contributed by atoms with E-state index in [4.69, 9.17) is 12.2 Å². The molecule has 2 heterocycles. The minimum atomic E-state index is 0.605. The number of nitrogens with zero attached hydrogens (tertiary/aromatic N) is 3. The number of thiazole rings is 1. The molecule has 0 radical (unpaired) electrons. The number of tetrazole rings is 1. The second-order valence-corrected chi connectivity index (χ2v) is 5.73. The van der Waals surface area contributed by atoms with E-state index in [1.54, 1.807) is 11.3 Å². The van der Waals surface area contributed by atoms with Gasteiger partial charge in [0.25, 0.3) is 0 Å². The first kappa shape index (κ1) is 9.94. The van der Waals surface area contributed by atoms with Crippen molar-refractivity contribution in [2.75, 3.05) is 0 Å². The number of hydrogen-bond acceptors (Lipinski definition) is 6. The fraction of sp³-hybridized carbons (Fsp3) is 0. The minimum absolute atomic E-state index is 0.605. The first-order valence-electron chi connectivity index (χ1n) is 4.35. The van der Waals surface area contributed by atoms with Crippen molar-refractivity contribution in [1.29, 1.82) is 0 Å². The van der Waals surface area contributed by atoms with Crippen molar-refractivity contribution >= 4 is 45.5 Å². The van der Waals surface area contributed by atoms with Gasteiger partial charge in [0, 0.05) is 4.90 Å². The van der Waals surface area contributed by atoms with Crippen LogP contribution in [0, 0.1) is 3.95 Å². The predicted molar refractivity (Wildman–Crippen MR) is 65.3 cm³/mol. The number of benzene rings is 1. The van der Waals surface area contributed by atoms with Gasteiger partial charge in [-0.1, -0.05) is 0 Å². The van der Waals surface area contributed by atoms with Crippen LogP contribution in [0.3, 0.4) is 0 Å². The summed E-state index contributed by atoms with van der Waals surface area (Å²) in [7, 11) is 0. The second kappa shape index (κ2) is 3.96. The molecule has 80 valence electrons. The molecule has 0 aliphatic carbocycles. The van der Waals surface area contributed by atoms with Crippen molar-refractivity contribution in [3.8, 4) is 0 Å². The topological polar surface area (TPSA) is 70.2 Å². The third-order valence-corrected chi connectivity index (χ3v) is 3.99. The van der Waals surface area contributed by atoms with Crippen LogP contribution in [0.1, 0.15) is 0 Å². The highest BCUT2D eigenvalue weighted by molar-refractivity contribution is 7.99. The largest absolute Gasteiger partial charge is 0.337 e. The smallest absolute Gasteiger partial charge is 0.235 e. The molecular weight excluding hydrogens is 262 g/mol. The van der Waals surface area contributed by atoms with E-state index >= 15 is 0 Å². The van der Waals surface area contributed by atoms with Gasteiger partial charge in [-0.2, -0.15) is 5.21 Å². The molecule has 0 unspecified atom stereocenters. The number of H-pyrrole nitrogens is 2. The maximum atomic E-state index is 5.09. The number of nitrogens with one attached hydrogen (secondary N) is 2. The monoisotopic (exact) mass is 267 g/mol. The number of fused-ring (bicyclic) bond motifs is 1. The lowest BCUT2D eigenvalue weighted by Crippen LogP contribution is -1.77. The third-order valence-electron chi connectivity index (χ3n) is 1.93. The molecule has 3 aromatic rings. The molecule has 0 saturated carbocycles. The summed E-state index contributed by atoms with van der Waals surface area (Å²) in [6.07, 6.45) is 0. The Morgan fingerprint density at radius 2 is 2.31 bits per heavy atom. The van der Waals surface area contributed by atoms with Gasteiger partial charge in [0.1, 0.15) is 0 Å². The number of rotatable bonds is 2. The maximum Gasteiger partial charge on any atom is 0.235 e. The van der Waals surface area contributed by atoms with Crippen LogP contribution in [0.15, 0.2) is 28.3 Å². The Morgan fingerprint density at radius 3 is 3.12 bits per heavy atom. The van der Waals surface area contributed by atoms with E-state index in [9.17, 15) is 0 Å². The van der Waals surface area contributed by atoms with E-state index in [0.29, 0.717) is 5.16 Å². The zero-order valence-corrected chi connectivity index (χ0v) is 10.2. The van der Waals surface area contributed by atoms with Gasteiger partial charge in [-0.3, -0.25) is 0 Å². The van der Waals surface area contributed by atoms with Crippen molar-refractivity contribution in [3.63, 3.8) is 0 Å². The summed E-state index contributed by atoms with van der Waals surface area (Å²) >= 11 is 8.11. The van der Waals surface area contributed by atoms with E-state index < -0.39 is 0 Å². The van der Waals surface area contributed by atoms with Crippen LogP contribution in [0.4, 0.5) is 0 Å². The van der Waals surface area contributed by atoms with Gasteiger partial charge >= 0.3 is 0 Å². The van der Waals surface area contributed by atoms with E-state index in [1.807, 2.05) is 18.2 Å². The Labute approximate surface area is 103 Å². The molecule has 2 N–H and O–H groups in total. The molecule has 2 aromatic heterocycles. The molecular formula is C8H5N5S3. The lowest BCUT2D eigenvalue weighted by molar-refractivity contribution is 0.881. The van der Waals surface area contributed by atoms with Gasteiger partial charge in [-0.15, -0.1) is 21.5 Å². The first-order valence-corrected chi connectivity index (χ1v) is 6.39. The van der Waals surface area contributed by atoms with Crippen molar-refractivity contribution in [1.82, 2.24) is 25.6 Å². The van der Waals surface area contributed by atoms with Crippen LogP contribution in [0.2, 0.25) is 0 Å². The number of aromatic nitrogens is 5. The molecule has 0 fully saturated rings. The Morgan fingerprint density at radius 1 is 1.38 bits per heavy atom. The first-order chi connectivity index (χ1) is 7.81. The Kier molecular flexibility index (Phi) is 2.46. The Bertz CT molecular complexity index is 668. The van der Waals surface area contributed by atoms with Crippen LogP contribution in [0.5, 0.6) is 0 Å². The average Bonchev–Trinajstić information content (AvgIpc) is 2.85. The molecule has 8 heteroatoms. The molecule has 5 nitrogen and oxygen atoms in total. The SMILES string of the molecule is S=c1[nH]c2cc(Sc3nn[nH]n3)ccc2s1. The fourth-order valence-electron chi connectivity index (χ4n) is 1.30.